The minimum atomic E-state index is -0.669. The lowest BCUT2D eigenvalue weighted by atomic mass is 9.66. The van der Waals surface area contributed by atoms with Crippen LogP contribution in [0.4, 0.5) is 0 Å². The van der Waals surface area contributed by atoms with Crippen molar-refractivity contribution >= 4 is 5.57 Å². The average molecular weight is 1290 g/mol. The highest BCUT2D eigenvalue weighted by molar-refractivity contribution is 5.97. The number of allylic oxidation sites excluding steroid dienone is 6. The molecule has 0 aromatic heterocycles. The van der Waals surface area contributed by atoms with Crippen LogP contribution in [0.1, 0.15) is 131 Å². The van der Waals surface area contributed by atoms with Crippen molar-refractivity contribution in [2.45, 2.75) is 70.6 Å². The van der Waals surface area contributed by atoms with E-state index in [1.165, 1.54) is 178 Å². The second kappa shape index (κ2) is 25.5. The zero-order valence-electron chi connectivity index (χ0n) is 58.4. The van der Waals surface area contributed by atoms with Crippen LogP contribution >= 0.6 is 0 Å². The van der Waals surface area contributed by atoms with Gasteiger partial charge < -0.3 is 0 Å². The van der Waals surface area contributed by atoms with Crippen molar-refractivity contribution in [1.29, 1.82) is 0 Å². The fraction of sp³-hybridized carbons (Fsp3) is 0.109. The lowest BCUT2D eigenvalue weighted by Crippen LogP contribution is -2.29. The van der Waals surface area contributed by atoms with Gasteiger partial charge in [-0.1, -0.05) is 356 Å². The van der Waals surface area contributed by atoms with E-state index in [4.69, 9.17) is 0 Å². The van der Waals surface area contributed by atoms with Crippen LogP contribution in [0.2, 0.25) is 0 Å². The third-order valence-corrected chi connectivity index (χ3v) is 22.3. The summed E-state index contributed by atoms with van der Waals surface area (Å²) in [5, 5.41) is 0. The molecule has 3 aliphatic rings. The van der Waals surface area contributed by atoms with Crippen molar-refractivity contribution in [3.8, 4) is 55.6 Å². The molecule has 0 heterocycles. The summed E-state index contributed by atoms with van der Waals surface area (Å²) in [7, 11) is 0. The predicted molar refractivity (Wildman–Crippen MR) is 424 cm³/mol. The summed E-state index contributed by atoms with van der Waals surface area (Å²) in [6, 6.07) is 124. The summed E-state index contributed by atoms with van der Waals surface area (Å²) in [6.45, 7) is 13.0. The molecule has 484 valence electrons. The van der Waals surface area contributed by atoms with Crippen molar-refractivity contribution in [3.05, 3.63) is 469 Å². The lowest BCUT2D eigenvalue weighted by Gasteiger charge is -2.35. The molecular weight excluding hydrogens is 1210 g/mol. The van der Waals surface area contributed by atoms with Gasteiger partial charge in [0.25, 0.3) is 0 Å². The zero-order chi connectivity index (χ0) is 68.4. The van der Waals surface area contributed by atoms with E-state index >= 15 is 0 Å². The maximum Gasteiger partial charge on any atom is 0.0713 e. The summed E-state index contributed by atoms with van der Waals surface area (Å²) in [6.07, 6.45) is 12.5. The molecule has 0 saturated heterocycles. The summed E-state index contributed by atoms with van der Waals surface area (Å²) in [5.41, 5.74) is 38.9. The molecule has 2 unspecified atom stereocenters. The maximum absolute atomic E-state index is 2.56. The smallest absolute Gasteiger partial charge is 0.0713 e. The molecule has 0 amide bonds. The van der Waals surface area contributed by atoms with Crippen LogP contribution in [-0.2, 0) is 29.1 Å². The summed E-state index contributed by atoms with van der Waals surface area (Å²) in [5.74, 6) is 0. The normalized spacial score (nSPS) is 16.0. The maximum atomic E-state index is 2.56. The molecule has 2 atom stereocenters. The number of benzene rings is 14. The van der Waals surface area contributed by atoms with E-state index in [1.807, 2.05) is 0 Å². The molecule has 0 fully saturated rings. The third-order valence-electron chi connectivity index (χ3n) is 22.3. The largest absolute Gasteiger partial charge is 0.0876 e. The van der Waals surface area contributed by atoms with Gasteiger partial charge in [0, 0.05) is 0 Å². The van der Waals surface area contributed by atoms with Gasteiger partial charge in [-0.05, 0) is 228 Å². The average Bonchev–Trinajstić information content (AvgIpc) is 1.55. The molecule has 0 spiro atoms. The topological polar surface area (TPSA) is 0 Å². The Morgan fingerprint density at radius 1 is 0.277 bits per heavy atom. The van der Waals surface area contributed by atoms with Gasteiger partial charge >= 0.3 is 0 Å². The molecular formula is C101H80. The molecule has 14 aromatic carbocycles. The van der Waals surface area contributed by atoms with E-state index < -0.39 is 16.2 Å². The molecule has 0 radical (unpaired) electrons. The first-order valence-corrected chi connectivity index (χ1v) is 35.9. The zero-order valence-corrected chi connectivity index (χ0v) is 58.4. The van der Waals surface area contributed by atoms with E-state index in [9.17, 15) is 0 Å². The molecule has 0 nitrogen and oxygen atoms in total. The number of aryl methyl sites for hydroxylation is 4. The summed E-state index contributed by atoms with van der Waals surface area (Å²) in [4.78, 5) is 0. The van der Waals surface area contributed by atoms with Crippen LogP contribution in [0, 0.1) is 27.7 Å². The first-order chi connectivity index (χ1) is 49.6. The molecule has 3 aliphatic carbocycles. The lowest BCUT2D eigenvalue weighted by molar-refractivity contribution is 0.765. The van der Waals surface area contributed by atoms with E-state index in [0.29, 0.717) is 0 Å². The van der Waals surface area contributed by atoms with Gasteiger partial charge in [-0.2, -0.15) is 0 Å². The Kier molecular flexibility index (Phi) is 15.9. The van der Waals surface area contributed by atoms with Crippen LogP contribution in [0.25, 0.3) is 61.2 Å². The van der Waals surface area contributed by atoms with E-state index in [-0.39, 0.29) is 0 Å². The highest BCUT2D eigenvalue weighted by atomic mass is 14.5. The first-order valence-electron chi connectivity index (χ1n) is 35.9. The Labute approximate surface area is 596 Å². The molecule has 14 aromatic rings. The molecule has 101 heavy (non-hydrogen) atoms. The van der Waals surface area contributed by atoms with Gasteiger partial charge in [-0.25, -0.2) is 0 Å². The monoisotopic (exact) mass is 1290 g/mol. The van der Waals surface area contributed by atoms with Gasteiger partial charge in [-0.3, -0.25) is 0 Å². The molecule has 0 aliphatic heterocycles. The van der Waals surface area contributed by atoms with Crippen LogP contribution in [0.5, 0.6) is 0 Å². The molecule has 17 rings (SSSR count). The minimum absolute atomic E-state index is 0.513. The van der Waals surface area contributed by atoms with Crippen LogP contribution in [-0.4, -0.2) is 0 Å². The number of rotatable bonds is 15. The van der Waals surface area contributed by atoms with Gasteiger partial charge in [-0.15, -0.1) is 0 Å². The Morgan fingerprint density at radius 2 is 0.723 bits per heavy atom. The molecule has 0 N–H and O–H groups in total. The molecule has 0 bridgehead atoms. The van der Waals surface area contributed by atoms with Gasteiger partial charge in [0.1, 0.15) is 0 Å². The van der Waals surface area contributed by atoms with Gasteiger partial charge in [0.2, 0.25) is 0 Å². The SMILES string of the molecule is CC=CC=C(C=CC)c1cc(Cc2ccc(C3(c4ccc(C)cc4)c4ccccc4-c4c(-c5ccc(C)cc5)cccc43)cc2)c2c(c1)C(c1ccc(C)cc1)(c1ccc(Cc3cc4c(cc3-c3cccc(C)c3)C(c3ccccc3)(c3ccccc3)c3ccccc3-4)cc1)c1ccccc1-2. The quantitative estimate of drug-likeness (QED) is 0.0898. The summed E-state index contributed by atoms with van der Waals surface area (Å²) >= 11 is 0. The van der Waals surface area contributed by atoms with Crippen molar-refractivity contribution in [3.63, 3.8) is 0 Å². The van der Waals surface area contributed by atoms with E-state index in [0.717, 1.165) is 12.8 Å². The van der Waals surface area contributed by atoms with Gasteiger partial charge in [0.15, 0.2) is 0 Å². The van der Waals surface area contributed by atoms with Crippen molar-refractivity contribution < 1.29 is 0 Å². The molecule has 0 heteroatoms. The molecule has 0 saturated carbocycles. The van der Waals surface area contributed by atoms with Crippen molar-refractivity contribution in [2.75, 3.05) is 0 Å². The second-order valence-electron chi connectivity index (χ2n) is 28.3. The van der Waals surface area contributed by atoms with E-state index in [2.05, 4.69) is 393 Å². The van der Waals surface area contributed by atoms with E-state index in [1.54, 1.807) is 0 Å². The number of fused-ring (bicyclic) bond motifs is 9. The third kappa shape index (κ3) is 10.2. The van der Waals surface area contributed by atoms with Gasteiger partial charge in [0.05, 0.1) is 16.2 Å². The Hall–Kier alpha value is -11.7. The van der Waals surface area contributed by atoms with Crippen LogP contribution in [0.15, 0.2) is 352 Å². The second-order valence-corrected chi connectivity index (χ2v) is 28.3. The fourth-order valence-corrected chi connectivity index (χ4v) is 17.9. The minimum Gasteiger partial charge on any atom is -0.0876 e. The van der Waals surface area contributed by atoms with Crippen LogP contribution < -0.4 is 0 Å². The highest BCUT2D eigenvalue weighted by Crippen LogP contribution is 2.62. The van der Waals surface area contributed by atoms with Crippen LogP contribution in [0.3, 0.4) is 0 Å². The Bertz CT molecular complexity index is 5540. The first kappa shape index (κ1) is 62.8. The number of hydrogen-bond donors (Lipinski definition) is 0. The van der Waals surface area contributed by atoms with Crippen molar-refractivity contribution in [2.24, 2.45) is 0 Å². The Morgan fingerprint density at radius 3 is 1.28 bits per heavy atom. The van der Waals surface area contributed by atoms with Crippen molar-refractivity contribution in [1.82, 2.24) is 0 Å². The standard InChI is InChI=1S/C101H80/c1-7-9-26-73(24-8-2)76-63-78(62-72-48-56-83(57-49-72)99(81-52-42-68(4)43-53-81)93-38-21-18-34-88(93)98-85(35-23-39-94(98)99)74-50-40-67(3)41-51-74)97-87-33-17-20-37-92(87)101(96(97)65-76,82-54-44-69(5)45-55-82)84-58-46-71(47-59-84)61-77-64-90-86-32-16-19-36-91(86)100(79-28-12-10-13-29-79,80-30-14-11-15-31-80)95(90)66-89(77)75-27-22-25-70(6)60-75/h7-60,63-66H,61-62H2,1-6H3. The number of hydrogen-bond acceptors (Lipinski definition) is 0. The highest BCUT2D eigenvalue weighted by Gasteiger charge is 2.50. The summed E-state index contributed by atoms with van der Waals surface area (Å²) < 4.78 is 0. The predicted octanol–water partition coefficient (Wildman–Crippen LogP) is 25.1. The Balaban J connectivity index is 0.824. The fourth-order valence-electron chi connectivity index (χ4n) is 17.9.